The molecule has 114 valence electrons. The fraction of sp³-hybridized carbons (Fsp3) is 0.0455. The normalized spacial score (nSPS) is 11.7. The second-order valence-corrected chi connectivity index (χ2v) is 7.41. The third-order valence-corrected chi connectivity index (χ3v) is 5.78. The summed E-state index contributed by atoms with van der Waals surface area (Å²) in [6, 6.07) is 23.1. The zero-order valence-corrected chi connectivity index (χ0v) is 14.0. The van der Waals surface area contributed by atoms with Crippen LogP contribution in [0.5, 0.6) is 0 Å². The minimum Gasteiger partial charge on any atom is -0.289 e. The number of hydrogen-bond acceptors (Lipinski definition) is 2. The smallest absolute Gasteiger partial charge is 0.195 e. The Morgan fingerprint density at radius 3 is 2.08 bits per heavy atom. The van der Waals surface area contributed by atoms with Gasteiger partial charge in [-0.15, -0.1) is 11.3 Å². The van der Waals surface area contributed by atoms with E-state index in [4.69, 9.17) is 0 Å². The van der Waals surface area contributed by atoms with Crippen molar-refractivity contribution in [3.8, 4) is 0 Å². The number of benzene rings is 4. The molecule has 0 atom stereocenters. The minimum absolute atomic E-state index is 0.137. The van der Waals surface area contributed by atoms with Crippen LogP contribution in [0.15, 0.2) is 71.5 Å². The highest BCUT2D eigenvalue weighted by Gasteiger charge is 2.08. The molecule has 24 heavy (non-hydrogen) atoms. The fourth-order valence-corrected chi connectivity index (χ4v) is 4.49. The molecule has 0 aliphatic heterocycles. The first-order chi connectivity index (χ1) is 11.7. The summed E-state index contributed by atoms with van der Waals surface area (Å²) >= 11 is 1.69. The Morgan fingerprint density at radius 1 is 0.667 bits per heavy atom. The Bertz CT molecular complexity index is 1330. The standard InChI is InChI=1S/C22H14OS/c1-13-6-7-20-18(8-13)22(23)19-11-16-9-14-4-2-3-5-15(14)10-17(16)12-21(19)24-20/h2-12H,1H3. The highest BCUT2D eigenvalue weighted by atomic mass is 32.1. The van der Waals surface area contributed by atoms with Gasteiger partial charge in [-0.2, -0.15) is 0 Å². The molecule has 0 saturated heterocycles. The Balaban J connectivity index is 1.97. The quantitative estimate of drug-likeness (QED) is 0.318. The maximum absolute atomic E-state index is 13.0. The highest BCUT2D eigenvalue weighted by Crippen LogP contribution is 2.31. The van der Waals surface area contributed by atoms with Gasteiger partial charge in [0.05, 0.1) is 0 Å². The van der Waals surface area contributed by atoms with Gasteiger partial charge in [0.25, 0.3) is 0 Å². The van der Waals surface area contributed by atoms with Crippen molar-refractivity contribution in [3.05, 3.63) is 82.5 Å². The molecule has 0 spiro atoms. The lowest BCUT2D eigenvalue weighted by Crippen LogP contribution is -2.01. The van der Waals surface area contributed by atoms with E-state index in [1.807, 2.05) is 19.1 Å². The lowest BCUT2D eigenvalue weighted by atomic mass is 10.0. The predicted octanol–water partition coefficient (Wildman–Crippen LogP) is 6.03. The first-order valence-electron chi connectivity index (χ1n) is 7.99. The summed E-state index contributed by atoms with van der Waals surface area (Å²) in [6.07, 6.45) is 0. The second kappa shape index (κ2) is 4.89. The molecule has 4 aromatic carbocycles. The monoisotopic (exact) mass is 326 g/mol. The summed E-state index contributed by atoms with van der Waals surface area (Å²) in [5.41, 5.74) is 1.26. The number of fused-ring (bicyclic) bond motifs is 4. The molecule has 5 aromatic rings. The lowest BCUT2D eigenvalue weighted by Gasteiger charge is -2.06. The maximum Gasteiger partial charge on any atom is 0.195 e. The Morgan fingerprint density at radius 2 is 1.33 bits per heavy atom. The molecule has 0 saturated carbocycles. The van der Waals surface area contributed by atoms with Crippen molar-refractivity contribution in [1.29, 1.82) is 0 Å². The Labute approximate surface area is 142 Å². The maximum atomic E-state index is 13.0. The van der Waals surface area contributed by atoms with Crippen LogP contribution in [0.2, 0.25) is 0 Å². The molecular formula is C22H14OS. The van der Waals surface area contributed by atoms with E-state index in [9.17, 15) is 4.79 Å². The molecular weight excluding hydrogens is 312 g/mol. The van der Waals surface area contributed by atoms with Crippen LogP contribution in [0, 0.1) is 6.92 Å². The molecule has 0 amide bonds. The van der Waals surface area contributed by atoms with Gasteiger partial charge in [-0.25, -0.2) is 0 Å². The van der Waals surface area contributed by atoms with Crippen LogP contribution in [-0.4, -0.2) is 0 Å². The zero-order valence-electron chi connectivity index (χ0n) is 13.2. The molecule has 0 aliphatic rings. The van der Waals surface area contributed by atoms with Crippen molar-refractivity contribution >= 4 is 53.1 Å². The van der Waals surface area contributed by atoms with Gasteiger partial charge in [-0.3, -0.25) is 4.79 Å². The molecule has 0 radical (unpaired) electrons. The molecule has 1 aromatic heterocycles. The van der Waals surface area contributed by atoms with E-state index >= 15 is 0 Å². The third kappa shape index (κ3) is 1.97. The molecule has 0 aliphatic carbocycles. The van der Waals surface area contributed by atoms with E-state index in [1.54, 1.807) is 11.3 Å². The topological polar surface area (TPSA) is 17.1 Å². The van der Waals surface area contributed by atoms with Gasteiger partial charge in [0, 0.05) is 20.2 Å². The largest absolute Gasteiger partial charge is 0.289 e. The van der Waals surface area contributed by atoms with Crippen LogP contribution in [-0.2, 0) is 0 Å². The molecule has 0 N–H and O–H groups in total. The van der Waals surface area contributed by atoms with Crippen molar-refractivity contribution in [1.82, 2.24) is 0 Å². The van der Waals surface area contributed by atoms with Crippen molar-refractivity contribution < 1.29 is 0 Å². The zero-order chi connectivity index (χ0) is 16.3. The molecule has 0 fully saturated rings. The summed E-state index contributed by atoms with van der Waals surface area (Å²) in [6.45, 7) is 2.03. The highest BCUT2D eigenvalue weighted by molar-refractivity contribution is 7.24. The van der Waals surface area contributed by atoms with Crippen LogP contribution in [0.1, 0.15) is 5.56 Å². The van der Waals surface area contributed by atoms with E-state index in [1.165, 1.54) is 16.2 Å². The van der Waals surface area contributed by atoms with Crippen LogP contribution >= 0.6 is 11.3 Å². The molecule has 5 rings (SSSR count). The summed E-state index contributed by atoms with van der Waals surface area (Å²) in [4.78, 5) is 13.0. The van der Waals surface area contributed by atoms with Crippen molar-refractivity contribution in [3.63, 3.8) is 0 Å². The van der Waals surface area contributed by atoms with Crippen LogP contribution in [0.25, 0.3) is 41.7 Å². The van der Waals surface area contributed by atoms with E-state index in [0.717, 1.165) is 31.1 Å². The summed E-state index contributed by atoms with van der Waals surface area (Å²) in [7, 11) is 0. The first-order valence-corrected chi connectivity index (χ1v) is 8.80. The molecule has 0 bridgehead atoms. The van der Waals surface area contributed by atoms with E-state index < -0.39 is 0 Å². The van der Waals surface area contributed by atoms with Gasteiger partial charge in [0.15, 0.2) is 5.43 Å². The van der Waals surface area contributed by atoms with Gasteiger partial charge in [-0.1, -0.05) is 35.9 Å². The minimum atomic E-state index is 0.137. The predicted molar refractivity (Wildman–Crippen MR) is 105 cm³/mol. The third-order valence-electron chi connectivity index (χ3n) is 4.65. The molecule has 1 heterocycles. The number of hydrogen-bond donors (Lipinski definition) is 0. The molecule has 2 heteroatoms. The number of aryl methyl sites for hydroxylation is 1. The van der Waals surface area contributed by atoms with Crippen molar-refractivity contribution in [2.24, 2.45) is 0 Å². The molecule has 0 unspecified atom stereocenters. The average Bonchev–Trinajstić information content (AvgIpc) is 2.59. The Hall–Kier alpha value is -2.71. The van der Waals surface area contributed by atoms with E-state index in [-0.39, 0.29) is 5.43 Å². The van der Waals surface area contributed by atoms with Crippen LogP contribution in [0.4, 0.5) is 0 Å². The fourth-order valence-electron chi connectivity index (χ4n) is 3.41. The second-order valence-electron chi connectivity index (χ2n) is 6.33. The average molecular weight is 326 g/mol. The van der Waals surface area contributed by atoms with Crippen LogP contribution < -0.4 is 5.43 Å². The van der Waals surface area contributed by atoms with Crippen LogP contribution in [0.3, 0.4) is 0 Å². The van der Waals surface area contributed by atoms with Gasteiger partial charge in [0.2, 0.25) is 0 Å². The van der Waals surface area contributed by atoms with Crippen molar-refractivity contribution in [2.75, 3.05) is 0 Å². The molecule has 1 nitrogen and oxygen atoms in total. The van der Waals surface area contributed by atoms with Gasteiger partial charge >= 0.3 is 0 Å². The van der Waals surface area contributed by atoms with Gasteiger partial charge in [0.1, 0.15) is 0 Å². The van der Waals surface area contributed by atoms with E-state index in [2.05, 4.69) is 54.6 Å². The van der Waals surface area contributed by atoms with E-state index in [0.29, 0.717) is 0 Å². The van der Waals surface area contributed by atoms with Gasteiger partial charge < -0.3 is 0 Å². The first kappa shape index (κ1) is 13.7. The lowest BCUT2D eigenvalue weighted by molar-refractivity contribution is 1.51. The van der Waals surface area contributed by atoms with Crippen molar-refractivity contribution in [2.45, 2.75) is 6.92 Å². The Kier molecular flexibility index (Phi) is 2.79. The summed E-state index contributed by atoms with van der Waals surface area (Å²) in [5, 5.41) is 6.39. The summed E-state index contributed by atoms with van der Waals surface area (Å²) < 4.78 is 2.11. The SMILES string of the molecule is Cc1ccc2sc3cc4cc5ccccc5cc4cc3c(=O)c2c1. The van der Waals surface area contributed by atoms with Gasteiger partial charge in [-0.05, 0) is 64.9 Å². The summed E-state index contributed by atoms with van der Waals surface area (Å²) in [5.74, 6) is 0. The number of rotatable bonds is 0.